The molecule has 0 aliphatic heterocycles. The average molecular weight is 400 g/mol. The van der Waals surface area contributed by atoms with Gasteiger partial charge >= 0.3 is 11.8 Å². The summed E-state index contributed by atoms with van der Waals surface area (Å²) in [5.41, 5.74) is -0.103. The Balaban J connectivity index is 2.26. The number of nitrogens with zero attached hydrogens (tertiary/aromatic N) is 3. The van der Waals surface area contributed by atoms with Crippen LogP contribution in [0.15, 0.2) is 41.6 Å². The Morgan fingerprint density at radius 1 is 1.35 bits per heavy atom. The van der Waals surface area contributed by atoms with Gasteiger partial charge in [0.25, 0.3) is 0 Å². The molecule has 10 heteroatoms. The van der Waals surface area contributed by atoms with Gasteiger partial charge in [0.2, 0.25) is 10.0 Å². The number of hydrogen-bond donors (Lipinski definition) is 0. The van der Waals surface area contributed by atoms with Crippen molar-refractivity contribution in [2.75, 3.05) is 13.1 Å². The monoisotopic (exact) mass is 399 g/mol. The lowest BCUT2D eigenvalue weighted by molar-refractivity contribution is -0.620. The molecule has 0 aliphatic rings. The molecule has 0 spiro atoms. The largest absolute Gasteiger partial charge is 0.711 e. The Labute approximate surface area is 156 Å². The quantitative estimate of drug-likeness (QED) is 0.399. The average Bonchev–Trinajstić information content (AvgIpc) is 2.61. The summed E-state index contributed by atoms with van der Waals surface area (Å²) in [7, 11) is -3.75. The summed E-state index contributed by atoms with van der Waals surface area (Å²) in [5.74, 6) is -0.860. The first kappa shape index (κ1) is 20.1. The molecule has 0 radical (unpaired) electrons. The van der Waals surface area contributed by atoms with Crippen LogP contribution >= 0.6 is 11.6 Å². The van der Waals surface area contributed by atoms with Crippen molar-refractivity contribution in [3.05, 3.63) is 58.3 Å². The lowest BCUT2D eigenvalue weighted by Gasteiger charge is -2.19. The lowest BCUT2D eigenvalue weighted by Crippen LogP contribution is -2.33. The minimum Gasteiger partial charge on any atom is -0.711 e. The zero-order chi connectivity index (χ0) is 19.3. The Hall–Kier alpha value is -2.23. The molecule has 0 saturated heterocycles. The molecule has 0 saturated carbocycles. The van der Waals surface area contributed by atoms with Crippen molar-refractivity contribution >= 4 is 27.6 Å². The smallest absolute Gasteiger partial charge is 0.340 e. The number of carbonyl (C=O) groups excluding carboxylic acids is 1. The number of rotatable bonds is 7. The maximum Gasteiger partial charge on any atom is 0.340 e. The SMILES string of the molecule is CCN(CC)S(=O)(=O)c1ccc(Cl)c(C(=O)OCc2nccc[n+]2[O-])c1. The number of benzene rings is 1. The molecule has 1 aromatic heterocycles. The van der Waals surface area contributed by atoms with Crippen molar-refractivity contribution in [1.82, 2.24) is 9.29 Å². The molecule has 0 N–H and O–H groups in total. The van der Waals surface area contributed by atoms with Crippen LogP contribution in [0.2, 0.25) is 5.02 Å². The van der Waals surface area contributed by atoms with Crippen molar-refractivity contribution in [3.8, 4) is 0 Å². The second kappa shape index (κ2) is 8.43. The Morgan fingerprint density at radius 2 is 2.04 bits per heavy atom. The number of ether oxygens (including phenoxy) is 1. The van der Waals surface area contributed by atoms with E-state index in [1.807, 2.05) is 0 Å². The summed E-state index contributed by atoms with van der Waals surface area (Å²) >= 11 is 6.01. The molecule has 8 nitrogen and oxygen atoms in total. The molecule has 1 aromatic carbocycles. The minimum absolute atomic E-state index is 0.0103. The van der Waals surface area contributed by atoms with Crippen LogP contribution in [0.4, 0.5) is 0 Å². The van der Waals surface area contributed by atoms with Gasteiger partial charge in [-0.3, -0.25) is 0 Å². The molecule has 140 valence electrons. The molecule has 1 heterocycles. The third-order valence-corrected chi connectivity index (χ3v) is 5.99. The van der Waals surface area contributed by atoms with E-state index in [2.05, 4.69) is 4.98 Å². The van der Waals surface area contributed by atoms with Gasteiger partial charge in [-0.15, -0.1) is 0 Å². The zero-order valence-corrected chi connectivity index (χ0v) is 15.8. The Bertz CT molecular complexity index is 901. The molecule has 0 amide bonds. The molecule has 0 fully saturated rings. The third kappa shape index (κ3) is 4.29. The van der Waals surface area contributed by atoms with Gasteiger partial charge in [-0.25, -0.2) is 17.9 Å². The molecular formula is C16H18ClN3O5S. The summed E-state index contributed by atoms with van der Waals surface area (Å²) in [6, 6.07) is 5.26. The van der Waals surface area contributed by atoms with E-state index in [-0.39, 0.29) is 27.9 Å². The number of hydrogen-bond acceptors (Lipinski definition) is 6. The predicted molar refractivity (Wildman–Crippen MR) is 93.9 cm³/mol. The molecule has 26 heavy (non-hydrogen) atoms. The Morgan fingerprint density at radius 3 is 2.65 bits per heavy atom. The van der Waals surface area contributed by atoms with Gasteiger partial charge in [0.1, 0.15) is 6.20 Å². The van der Waals surface area contributed by atoms with Crippen LogP contribution in [-0.2, 0) is 21.4 Å². The Kier molecular flexibility index (Phi) is 6.52. The summed E-state index contributed by atoms with van der Waals surface area (Å²) in [5, 5.41) is 11.6. The number of halogens is 1. The highest BCUT2D eigenvalue weighted by molar-refractivity contribution is 7.89. The molecule has 0 aliphatic carbocycles. The fourth-order valence-electron chi connectivity index (χ4n) is 2.23. The number of carbonyl (C=O) groups is 1. The maximum absolute atomic E-state index is 12.6. The molecule has 2 aromatic rings. The van der Waals surface area contributed by atoms with Gasteiger partial charge in [-0.1, -0.05) is 25.4 Å². The lowest BCUT2D eigenvalue weighted by atomic mass is 10.2. The van der Waals surface area contributed by atoms with Crippen LogP contribution in [-0.4, -0.2) is 36.8 Å². The van der Waals surface area contributed by atoms with Gasteiger partial charge in [-0.2, -0.15) is 4.31 Å². The predicted octanol–water partition coefficient (Wildman–Crippen LogP) is 1.76. The summed E-state index contributed by atoms with van der Waals surface area (Å²) < 4.78 is 31.9. The minimum atomic E-state index is -3.75. The fraction of sp³-hybridized carbons (Fsp3) is 0.312. The number of esters is 1. The second-order valence-electron chi connectivity index (χ2n) is 5.17. The van der Waals surface area contributed by atoms with E-state index in [9.17, 15) is 18.4 Å². The maximum atomic E-state index is 12.6. The van der Waals surface area contributed by atoms with E-state index in [1.165, 1.54) is 41.0 Å². The first-order chi connectivity index (χ1) is 12.3. The van der Waals surface area contributed by atoms with Gasteiger partial charge in [0.15, 0.2) is 6.61 Å². The van der Waals surface area contributed by atoms with Crippen LogP contribution in [0.5, 0.6) is 0 Å². The van der Waals surface area contributed by atoms with Gasteiger partial charge in [0.05, 0.1) is 21.7 Å². The normalized spacial score (nSPS) is 11.5. The first-order valence-corrected chi connectivity index (χ1v) is 9.63. The molecular weight excluding hydrogens is 382 g/mol. The standard InChI is InChI=1S/C16H18ClN3O5S/c1-3-19(4-2)26(23,24)12-6-7-14(17)13(10-12)16(21)25-11-15-18-8-5-9-20(15)22/h5-10H,3-4,11H2,1-2H3. The van der Waals surface area contributed by atoms with Gasteiger partial charge in [-0.05, 0) is 23.2 Å². The summed E-state index contributed by atoms with van der Waals surface area (Å²) in [6.07, 6.45) is 2.61. The van der Waals surface area contributed by atoms with Crippen LogP contribution in [0.25, 0.3) is 0 Å². The van der Waals surface area contributed by atoms with Crippen LogP contribution in [0, 0.1) is 5.21 Å². The topological polar surface area (TPSA) is 104 Å². The van der Waals surface area contributed by atoms with Gasteiger partial charge in [0, 0.05) is 19.2 Å². The van der Waals surface area contributed by atoms with E-state index in [0.717, 1.165) is 0 Å². The summed E-state index contributed by atoms with van der Waals surface area (Å²) in [4.78, 5) is 16.0. The van der Waals surface area contributed by atoms with Crippen molar-refractivity contribution in [2.24, 2.45) is 0 Å². The van der Waals surface area contributed by atoms with Crippen molar-refractivity contribution < 1.29 is 22.7 Å². The third-order valence-electron chi connectivity index (χ3n) is 3.62. The van der Waals surface area contributed by atoms with Crippen LogP contribution in [0.3, 0.4) is 0 Å². The highest BCUT2D eigenvalue weighted by Gasteiger charge is 2.24. The van der Waals surface area contributed by atoms with E-state index in [0.29, 0.717) is 17.8 Å². The van der Waals surface area contributed by atoms with Crippen molar-refractivity contribution in [3.63, 3.8) is 0 Å². The van der Waals surface area contributed by atoms with E-state index in [4.69, 9.17) is 16.3 Å². The molecule has 0 unspecified atom stereocenters. The van der Waals surface area contributed by atoms with Crippen LogP contribution < -0.4 is 4.73 Å². The van der Waals surface area contributed by atoms with E-state index in [1.54, 1.807) is 13.8 Å². The van der Waals surface area contributed by atoms with Crippen LogP contribution in [0.1, 0.15) is 30.0 Å². The summed E-state index contributed by atoms with van der Waals surface area (Å²) in [6.45, 7) is 3.66. The second-order valence-corrected chi connectivity index (χ2v) is 7.51. The highest BCUT2D eigenvalue weighted by atomic mass is 35.5. The van der Waals surface area contributed by atoms with E-state index < -0.39 is 16.0 Å². The van der Waals surface area contributed by atoms with Crippen molar-refractivity contribution in [1.29, 1.82) is 0 Å². The number of aromatic nitrogens is 2. The van der Waals surface area contributed by atoms with E-state index >= 15 is 0 Å². The van der Waals surface area contributed by atoms with Crippen molar-refractivity contribution in [2.45, 2.75) is 25.3 Å². The number of sulfonamides is 1. The first-order valence-electron chi connectivity index (χ1n) is 7.81. The zero-order valence-electron chi connectivity index (χ0n) is 14.3. The molecule has 2 rings (SSSR count). The fourth-order valence-corrected chi connectivity index (χ4v) is 3.91. The highest BCUT2D eigenvalue weighted by Crippen LogP contribution is 2.24. The molecule has 0 bridgehead atoms. The molecule has 0 atom stereocenters. The van der Waals surface area contributed by atoms with Gasteiger partial charge < -0.3 is 9.94 Å².